The number of hydrogen-bond donors (Lipinski definition) is 1. The molecule has 4 rings (SSSR count). The van der Waals surface area contributed by atoms with Crippen molar-refractivity contribution in [2.75, 3.05) is 64.9 Å². The Bertz CT molecular complexity index is 1250. The van der Waals surface area contributed by atoms with Gasteiger partial charge < -0.3 is 29.5 Å². The number of benzene rings is 2. The van der Waals surface area contributed by atoms with Gasteiger partial charge in [0.25, 0.3) is 0 Å². The third kappa shape index (κ3) is 7.40. The Morgan fingerprint density at radius 3 is 2.33 bits per heavy atom. The van der Waals surface area contributed by atoms with Crippen molar-refractivity contribution in [3.63, 3.8) is 0 Å². The van der Waals surface area contributed by atoms with Crippen LogP contribution in [-0.4, -0.2) is 92.0 Å². The average molecular weight is 547 g/mol. The fourth-order valence-electron chi connectivity index (χ4n) is 4.60. The molecule has 0 aliphatic carbocycles. The highest BCUT2D eigenvalue weighted by atomic mass is 16.5. The van der Waals surface area contributed by atoms with Crippen molar-refractivity contribution in [1.82, 2.24) is 25.3 Å². The van der Waals surface area contributed by atoms with Crippen molar-refractivity contribution in [2.45, 2.75) is 19.8 Å². The van der Waals surface area contributed by atoms with Crippen LogP contribution in [0, 0.1) is 0 Å². The molecular formula is C30H38N6O4. The van der Waals surface area contributed by atoms with Crippen LogP contribution in [-0.2, 0) is 11.2 Å². The van der Waals surface area contributed by atoms with E-state index in [-0.39, 0.29) is 18.5 Å². The molecule has 40 heavy (non-hydrogen) atoms. The number of carbonyl (C=O) groups is 2. The van der Waals surface area contributed by atoms with E-state index in [1.165, 1.54) is 0 Å². The summed E-state index contributed by atoms with van der Waals surface area (Å²) in [5, 5.41) is 11.8. The van der Waals surface area contributed by atoms with Crippen molar-refractivity contribution >= 4 is 17.8 Å². The van der Waals surface area contributed by atoms with Crippen molar-refractivity contribution in [3.8, 4) is 22.8 Å². The van der Waals surface area contributed by atoms with Crippen LogP contribution in [0.25, 0.3) is 11.3 Å². The van der Waals surface area contributed by atoms with E-state index in [9.17, 15) is 9.59 Å². The Morgan fingerprint density at radius 2 is 1.68 bits per heavy atom. The van der Waals surface area contributed by atoms with Crippen LogP contribution < -0.4 is 19.7 Å². The summed E-state index contributed by atoms with van der Waals surface area (Å²) in [5.41, 5.74) is 2.75. The number of rotatable bonds is 11. The molecule has 1 saturated heterocycles. The third-order valence-electron chi connectivity index (χ3n) is 6.94. The summed E-state index contributed by atoms with van der Waals surface area (Å²) in [6, 6.07) is 19.3. The number of anilines is 1. The predicted molar refractivity (Wildman–Crippen MR) is 155 cm³/mol. The SMILES string of the molecule is CCCNC(=O)N(CCc1ccccc1)CC(=O)N1CCN(c2ccc(-c3ccc(OC)c(OC)c3)nn2)CC1. The van der Waals surface area contributed by atoms with E-state index in [0.717, 1.165) is 29.1 Å². The van der Waals surface area contributed by atoms with Crippen LogP contribution in [0.15, 0.2) is 60.7 Å². The average Bonchev–Trinajstić information content (AvgIpc) is 3.02. The lowest BCUT2D eigenvalue weighted by atomic mass is 10.1. The maximum atomic E-state index is 13.2. The number of ether oxygens (including phenoxy) is 2. The zero-order valence-electron chi connectivity index (χ0n) is 23.5. The van der Waals surface area contributed by atoms with Gasteiger partial charge in [-0.1, -0.05) is 37.3 Å². The molecule has 1 fully saturated rings. The molecule has 1 aromatic heterocycles. The minimum Gasteiger partial charge on any atom is -0.493 e. The summed E-state index contributed by atoms with van der Waals surface area (Å²) in [6.07, 6.45) is 1.53. The molecule has 1 aliphatic heterocycles. The fraction of sp³-hybridized carbons (Fsp3) is 0.400. The fourth-order valence-corrected chi connectivity index (χ4v) is 4.60. The van der Waals surface area contributed by atoms with E-state index in [2.05, 4.69) is 20.4 Å². The lowest BCUT2D eigenvalue weighted by Gasteiger charge is -2.36. The molecule has 0 bridgehead atoms. The number of methoxy groups -OCH3 is 2. The zero-order valence-corrected chi connectivity index (χ0v) is 23.5. The van der Waals surface area contributed by atoms with Crippen LogP contribution in [0.5, 0.6) is 11.5 Å². The Hall–Kier alpha value is -4.34. The van der Waals surface area contributed by atoms with E-state index >= 15 is 0 Å². The summed E-state index contributed by atoms with van der Waals surface area (Å²) >= 11 is 0. The van der Waals surface area contributed by atoms with Crippen LogP contribution in [0.4, 0.5) is 10.6 Å². The van der Waals surface area contributed by atoms with Gasteiger partial charge in [-0.25, -0.2) is 4.79 Å². The number of hydrogen-bond acceptors (Lipinski definition) is 7. The smallest absolute Gasteiger partial charge is 0.317 e. The molecule has 2 aromatic carbocycles. The zero-order chi connectivity index (χ0) is 28.3. The maximum absolute atomic E-state index is 13.2. The summed E-state index contributed by atoms with van der Waals surface area (Å²) < 4.78 is 10.7. The first-order valence-corrected chi connectivity index (χ1v) is 13.7. The highest BCUT2D eigenvalue weighted by molar-refractivity contribution is 5.84. The Morgan fingerprint density at radius 1 is 0.925 bits per heavy atom. The predicted octanol–water partition coefficient (Wildman–Crippen LogP) is 3.47. The Balaban J connectivity index is 1.32. The van der Waals surface area contributed by atoms with E-state index < -0.39 is 0 Å². The van der Waals surface area contributed by atoms with Crippen molar-refractivity contribution in [2.24, 2.45) is 0 Å². The third-order valence-corrected chi connectivity index (χ3v) is 6.94. The number of amides is 3. The van der Waals surface area contributed by atoms with Gasteiger partial charge in [0.1, 0.15) is 6.54 Å². The van der Waals surface area contributed by atoms with Gasteiger partial charge in [0.05, 0.1) is 19.9 Å². The Labute approximate surface area is 235 Å². The van der Waals surface area contributed by atoms with E-state index in [4.69, 9.17) is 9.47 Å². The van der Waals surface area contributed by atoms with Gasteiger partial charge in [-0.15, -0.1) is 10.2 Å². The van der Waals surface area contributed by atoms with Crippen LogP contribution in [0.1, 0.15) is 18.9 Å². The number of aromatic nitrogens is 2. The number of nitrogens with one attached hydrogen (secondary N) is 1. The monoisotopic (exact) mass is 546 g/mol. The summed E-state index contributed by atoms with van der Waals surface area (Å²) in [6.45, 7) is 5.52. The minimum absolute atomic E-state index is 0.0470. The van der Waals surface area contributed by atoms with Crippen molar-refractivity contribution < 1.29 is 19.1 Å². The van der Waals surface area contributed by atoms with Gasteiger partial charge >= 0.3 is 6.03 Å². The van der Waals surface area contributed by atoms with E-state index in [0.29, 0.717) is 57.2 Å². The van der Waals surface area contributed by atoms with Gasteiger partial charge in [0.2, 0.25) is 5.91 Å². The van der Waals surface area contributed by atoms with Gasteiger partial charge in [0, 0.05) is 44.8 Å². The minimum atomic E-state index is -0.199. The molecule has 2 heterocycles. The van der Waals surface area contributed by atoms with Gasteiger partial charge in [-0.2, -0.15) is 0 Å². The highest BCUT2D eigenvalue weighted by Gasteiger charge is 2.25. The molecule has 1 N–H and O–H groups in total. The lowest BCUT2D eigenvalue weighted by Crippen LogP contribution is -2.53. The molecule has 0 radical (unpaired) electrons. The molecule has 0 atom stereocenters. The lowest BCUT2D eigenvalue weighted by molar-refractivity contribution is -0.132. The quantitative estimate of drug-likeness (QED) is 0.393. The first-order chi connectivity index (χ1) is 19.5. The first kappa shape index (κ1) is 28.7. The summed E-state index contributed by atoms with van der Waals surface area (Å²) in [5.74, 6) is 2.01. The van der Waals surface area contributed by atoms with Crippen LogP contribution >= 0.6 is 0 Å². The molecule has 0 saturated carbocycles. The largest absolute Gasteiger partial charge is 0.493 e. The van der Waals surface area contributed by atoms with E-state index in [1.807, 2.05) is 72.5 Å². The standard InChI is InChI=1S/C30H38N6O4/c1-4-15-31-30(38)36(16-14-23-8-6-5-7-9-23)22-29(37)35-19-17-34(18-20-35)28-13-11-25(32-33-28)24-10-12-26(39-2)27(21-24)40-3/h5-13,21H,4,14-20,22H2,1-3H3,(H,31,38). The molecule has 10 heteroatoms. The number of carbonyl (C=O) groups excluding carboxylic acids is 2. The van der Waals surface area contributed by atoms with Gasteiger partial charge in [-0.3, -0.25) is 4.79 Å². The van der Waals surface area contributed by atoms with Crippen molar-refractivity contribution in [1.29, 1.82) is 0 Å². The molecule has 3 aromatic rings. The van der Waals surface area contributed by atoms with E-state index in [1.54, 1.807) is 19.1 Å². The second-order valence-electron chi connectivity index (χ2n) is 9.60. The summed E-state index contributed by atoms with van der Waals surface area (Å²) in [4.78, 5) is 31.5. The first-order valence-electron chi connectivity index (χ1n) is 13.7. The molecule has 212 valence electrons. The maximum Gasteiger partial charge on any atom is 0.317 e. The van der Waals surface area contributed by atoms with Gasteiger partial charge in [0.15, 0.2) is 17.3 Å². The molecular weight excluding hydrogens is 508 g/mol. The Kier molecular flexibility index (Phi) is 10.1. The topological polar surface area (TPSA) is 100 Å². The van der Waals surface area contributed by atoms with Gasteiger partial charge in [-0.05, 0) is 48.7 Å². The second kappa shape index (κ2) is 14.2. The summed E-state index contributed by atoms with van der Waals surface area (Å²) in [7, 11) is 3.20. The second-order valence-corrected chi connectivity index (χ2v) is 9.60. The number of nitrogens with zero attached hydrogens (tertiary/aromatic N) is 5. The molecule has 3 amide bonds. The number of piperazine rings is 1. The van der Waals surface area contributed by atoms with Crippen LogP contribution in [0.3, 0.4) is 0 Å². The highest BCUT2D eigenvalue weighted by Crippen LogP contribution is 2.31. The molecule has 1 aliphatic rings. The normalized spacial score (nSPS) is 13.1. The molecule has 10 nitrogen and oxygen atoms in total. The van der Waals surface area contributed by atoms with Crippen LogP contribution in [0.2, 0.25) is 0 Å². The number of urea groups is 1. The van der Waals surface area contributed by atoms with Crippen molar-refractivity contribution in [3.05, 3.63) is 66.2 Å². The molecule has 0 unspecified atom stereocenters. The molecule has 0 spiro atoms.